The predicted octanol–water partition coefficient (Wildman–Crippen LogP) is 0.727. The van der Waals surface area contributed by atoms with Crippen LogP contribution >= 0.6 is 0 Å². The van der Waals surface area contributed by atoms with Gasteiger partial charge in [0.2, 0.25) is 0 Å². The minimum Gasteiger partial charge on any atom is -0.380 e. The third-order valence-electron chi connectivity index (χ3n) is 2.62. The first kappa shape index (κ1) is 6.62. The Morgan fingerprint density at radius 1 is 1.30 bits per heavy atom. The highest BCUT2D eigenvalue weighted by Gasteiger charge is 2.49. The molecular weight excluding hydrogens is 126 g/mol. The molecule has 2 heterocycles. The summed E-state index contributed by atoms with van der Waals surface area (Å²) in [4.78, 5) is 2.50. The summed E-state index contributed by atoms with van der Waals surface area (Å²) in [5, 5.41) is 0. The molecule has 2 nitrogen and oxygen atoms in total. The van der Waals surface area contributed by atoms with Crippen LogP contribution in [-0.2, 0) is 4.74 Å². The van der Waals surface area contributed by atoms with Crippen LogP contribution in [0.3, 0.4) is 0 Å². The van der Waals surface area contributed by atoms with E-state index in [1.165, 1.54) is 13.1 Å². The van der Waals surface area contributed by atoms with Crippen molar-refractivity contribution >= 4 is 0 Å². The Morgan fingerprint density at radius 2 is 1.90 bits per heavy atom. The number of rotatable bonds is 1. The van der Waals surface area contributed by atoms with Crippen LogP contribution in [-0.4, -0.2) is 37.2 Å². The number of hydrogen-bond donors (Lipinski definition) is 0. The zero-order valence-corrected chi connectivity index (χ0v) is 6.76. The van der Waals surface area contributed by atoms with Crippen LogP contribution in [0.25, 0.3) is 0 Å². The lowest BCUT2D eigenvalue weighted by molar-refractivity contribution is -0.195. The van der Waals surface area contributed by atoms with Gasteiger partial charge in [-0.2, -0.15) is 0 Å². The summed E-state index contributed by atoms with van der Waals surface area (Å²) < 4.78 is 5.18. The van der Waals surface area contributed by atoms with Crippen LogP contribution in [0.1, 0.15) is 13.8 Å². The van der Waals surface area contributed by atoms with Crippen molar-refractivity contribution in [1.82, 2.24) is 4.90 Å². The molecule has 2 fully saturated rings. The molecule has 0 radical (unpaired) electrons. The van der Waals surface area contributed by atoms with Crippen LogP contribution in [0.5, 0.6) is 0 Å². The highest BCUT2D eigenvalue weighted by atomic mass is 16.5. The molecule has 2 saturated heterocycles. The maximum Gasteiger partial charge on any atom is 0.0569 e. The van der Waals surface area contributed by atoms with Crippen molar-refractivity contribution in [2.24, 2.45) is 5.41 Å². The molecule has 2 heteroatoms. The van der Waals surface area contributed by atoms with E-state index in [2.05, 4.69) is 18.7 Å². The van der Waals surface area contributed by atoms with Crippen molar-refractivity contribution in [1.29, 1.82) is 0 Å². The minimum atomic E-state index is 0.601. The Hall–Kier alpha value is -0.0800. The van der Waals surface area contributed by atoms with Gasteiger partial charge in [0.1, 0.15) is 0 Å². The minimum absolute atomic E-state index is 0.601. The van der Waals surface area contributed by atoms with Crippen molar-refractivity contribution < 1.29 is 4.74 Å². The average Bonchev–Trinajstić information content (AvgIpc) is 1.54. The van der Waals surface area contributed by atoms with Gasteiger partial charge in [0, 0.05) is 24.5 Å². The second kappa shape index (κ2) is 1.95. The highest BCUT2D eigenvalue weighted by Crippen LogP contribution is 2.38. The molecule has 0 unspecified atom stereocenters. The van der Waals surface area contributed by atoms with Gasteiger partial charge in [0.15, 0.2) is 0 Å². The zero-order valence-electron chi connectivity index (χ0n) is 6.76. The van der Waals surface area contributed by atoms with Crippen molar-refractivity contribution in [2.45, 2.75) is 19.9 Å². The van der Waals surface area contributed by atoms with E-state index in [1.54, 1.807) is 0 Å². The molecule has 2 rings (SSSR count). The second-order valence-corrected chi connectivity index (χ2v) is 3.99. The lowest BCUT2D eigenvalue weighted by Gasteiger charge is -2.56. The van der Waals surface area contributed by atoms with E-state index in [1.807, 2.05) is 0 Å². The SMILES string of the molecule is CC(C)N1CC2(COC2)C1. The molecule has 2 aliphatic heterocycles. The number of nitrogens with zero attached hydrogens (tertiary/aromatic N) is 1. The van der Waals surface area contributed by atoms with E-state index in [9.17, 15) is 0 Å². The standard InChI is InChI=1S/C8H15NO/c1-7(2)9-3-8(4-9)5-10-6-8/h7H,3-6H2,1-2H3. The van der Waals surface area contributed by atoms with Crippen LogP contribution in [0, 0.1) is 5.41 Å². The number of hydrogen-bond acceptors (Lipinski definition) is 2. The van der Waals surface area contributed by atoms with Crippen LogP contribution in [0.2, 0.25) is 0 Å². The van der Waals surface area contributed by atoms with E-state index >= 15 is 0 Å². The largest absolute Gasteiger partial charge is 0.380 e. The van der Waals surface area contributed by atoms with E-state index in [4.69, 9.17) is 4.74 Å². The number of likely N-dealkylation sites (tertiary alicyclic amines) is 1. The Bertz CT molecular complexity index is 132. The summed E-state index contributed by atoms with van der Waals surface area (Å²) in [5.74, 6) is 0. The van der Waals surface area contributed by atoms with Crippen molar-refractivity contribution in [3.8, 4) is 0 Å². The fourth-order valence-electron chi connectivity index (χ4n) is 1.75. The Balaban J connectivity index is 1.82. The highest BCUT2D eigenvalue weighted by molar-refractivity contribution is 5.00. The summed E-state index contributed by atoms with van der Waals surface area (Å²) in [6, 6.07) is 0.728. The molecule has 0 bridgehead atoms. The van der Waals surface area contributed by atoms with E-state index < -0.39 is 0 Å². The first-order chi connectivity index (χ1) is 4.72. The van der Waals surface area contributed by atoms with Gasteiger partial charge >= 0.3 is 0 Å². The molecule has 0 aliphatic carbocycles. The molecular formula is C8H15NO. The summed E-state index contributed by atoms with van der Waals surface area (Å²) in [5.41, 5.74) is 0.601. The summed E-state index contributed by atoms with van der Waals surface area (Å²) in [7, 11) is 0. The third kappa shape index (κ3) is 0.789. The Morgan fingerprint density at radius 3 is 2.20 bits per heavy atom. The number of ether oxygens (including phenoxy) is 1. The maximum absolute atomic E-state index is 5.18. The Labute approximate surface area is 62.2 Å². The molecule has 58 valence electrons. The van der Waals surface area contributed by atoms with Crippen LogP contribution in [0.4, 0.5) is 0 Å². The topological polar surface area (TPSA) is 12.5 Å². The normalized spacial score (nSPS) is 30.3. The fourth-order valence-corrected chi connectivity index (χ4v) is 1.75. The van der Waals surface area contributed by atoms with Crippen molar-refractivity contribution in [3.63, 3.8) is 0 Å². The maximum atomic E-state index is 5.18. The van der Waals surface area contributed by atoms with E-state index in [-0.39, 0.29) is 0 Å². The first-order valence-corrected chi connectivity index (χ1v) is 4.04. The molecule has 0 aromatic carbocycles. The lowest BCUT2D eigenvalue weighted by Crippen LogP contribution is -2.67. The Kier molecular flexibility index (Phi) is 1.29. The molecule has 0 N–H and O–H groups in total. The molecule has 10 heavy (non-hydrogen) atoms. The van der Waals surface area contributed by atoms with Gasteiger partial charge in [0.05, 0.1) is 13.2 Å². The smallest absolute Gasteiger partial charge is 0.0569 e. The van der Waals surface area contributed by atoms with Gasteiger partial charge in [0.25, 0.3) is 0 Å². The van der Waals surface area contributed by atoms with E-state index in [0.29, 0.717) is 5.41 Å². The van der Waals surface area contributed by atoms with E-state index in [0.717, 1.165) is 19.3 Å². The van der Waals surface area contributed by atoms with Gasteiger partial charge in [-0.3, -0.25) is 4.90 Å². The molecule has 0 saturated carbocycles. The van der Waals surface area contributed by atoms with Gasteiger partial charge in [-0.15, -0.1) is 0 Å². The van der Waals surface area contributed by atoms with Gasteiger partial charge < -0.3 is 4.74 Å². The molecule has 0 aromatic heterocycles. The second-order valence-electron chi connectivity index (χ2n) is 3.99. The average molecular weight is 141 g/mol. The van der Waals surface area contributed by atoms with Gasteiger partial charge in [-0.1, -0.05) is 0 Å². The zero-order chi connectivity index (χ0) is 7.19. The predicted molar refractivity (Wildman–Crippen MR) is 40.0 cm³/mol. The summed E-state index contributed by atoms with van der Waals surface area (Å²) >= 11 is 0. The summed E-state index contributed by atoms with van der Waals surface area (Å²) in [6.45, 7) is 9.07. The molecule has 0 aromatic rings. The van der Waals surface area contributed by atoms with Gasteiger partial charge in [-0.25, -0.2) is 0 Å². The molecule has 0 amide bonds. The summed E-state index contributed by atoms with van der Waals surface area (Å²) in [6.07, 6.45) is 0. The molecule has 0 atom stereocenters. The van der Waals surface area contributed by atoms with Crippen molar-refractivity contribution in [2.75, 3.05) is 26.3 Å². The molecule has 1 spiro atoms. The quantitative estimate of drug-likeness (QED) is 0.533. The van der Waals surface area contributed by atoms with Gasteiger partial charge in [-0.05, 0) is 13.8 Å². The molecule has 2 aliphatic rings. The first-order valence-electron chi connectivity index (χ1n) is 4.04. The van der Waals surface area contributed by atoms with Crippen molar-refractivity contribution in [3.05, 3.63) is 0 Å². The van der Waals surface area contributed by atoms with Crippen LogP contribution in [0.15, 0.2) is 0 Å². The fraction of sp³-hybridized carbons (Fsp3) is 1.00. The monoisotopic (exact) mass is 141 g/mol. The van der Waals surface area contributed by atoms with Crippen LogP contribution < -0.4 is 0 Å². The third-order valence-corrected chi connectivity index (χ3v) is 2.62. The lowest BCUT2D eigenvalue weighted by atomic mass is 9.77.